The fraction of sp³-hybridized carbons (Fsp3) is 0.444. The predicted octanol–water partition coefficient (Wildman–Crippen LogP) is 4.08. The summed E-state index contributed by atoms with van der Waals surface area (Å²) in [4.78, 5) is 37.1. The van der Waals surface area contributed by atoms with Crippen molar-refractivity contribution in [1.82, 2.24) is 10.6 Å². The summed E-state index contributed by atoms with van der Waals surface area (Å²) in [6.07, 6.45) is 0.790. The highest BCUT2D eigenvalue weighted by molar-refractivity contribution is 5.87. The molecule has 0 aromatic heterocycles. The van der Waals surface area contributed by atoms with Crippen LogP contribution in [0.4, 0.5) is 4.79 Å². The molecule has 2 amide bonds. The first-order valence-corrected chi connectivity index (χ1v) is 12.0. The Labute approximate surface area is 206 Å². The molecule has 1 aliphatic carbocycles. The Hall–Kier alpha value is -3.39. The van der Waals surface area contributed by atoms with Gasteiger partial charge in [-0.25, -0.2) is 9.59 Å². The van der Waals surface area contributed by atoms with Crippen molar-refractivity contribution < 1.29 is 29.0 Å². The quantitative estimate of drug-likeness (QED) is 0.420. The number of benzene rings is 2. The number of fused-ring (bicyclic) bond motifs is 3. The molecule has 3 N–H and O–H groups in total. The maximum Gasteiger partial charge on any atom is 0.407 e. The number of carboxylic acid groups (broad SMARTS) is 1. The Morgan fingerprint density at radius 1 is 1.03 bits per heavy atom. The molecule has 2 unspecified atom stereocenters. The second kappa shape index (κ2) is 11.8. The number of aliphatic carboxylic acids is 1. The highest BCUT2D eigenvalue weighted by Crippen LogP contribution is 2.44. The van der Waals surface area contributed by atoms with Crippen molar-refractivity contribution in [1.29, 1.82) is 0 Å². The van der Waals surface area contributed by atoms with Crippen molar-refractivity contribution in [2.24, 2.45) is 0 Å². The molecule has 2 atom stereocenters. The Balaban J connectivity index is 1.61. The van der Waals surface area contributed by atoms with Gasteiger partial charge < -0.3 is 25.2 Å². The average molecular weight is 483 g/mol. The van der Waals surface area contributed by atoms with Gasteiger partial charge in [0.2, 0.25) is 5.91 Å². The van der Waals surface area contributed by atoms with Crippen molar-refractivity contribution in [2.45, 2.75) is 57.0 Å². The highest BCUT2D eigenvalue weighted by Gasteiger charge is 2.39. The van der Waals surface area contributed by atoms with Crippen molar-refractivity contribution in [2.75, 3.05) is 20.3 Å². The van der Waals surface area contributed by atoms with E-state index in [2.05, 4.69) is 22.8 Å². The molecule has 0 heterocycles. The SMILES string of the molecule is CCCC(CC(=O)NC(CC)(COC)C(=O)O)NC(=O)OCC1c2ccccc2-c2ccccc21. The van der Waals surface area contributed by atoms with Gasteiger partial charge in [0.1, 0.15) is 6.61 Å². The van der Waals surface area contributed by atoms with E-state index in [4.69, 9.17) is 9.47 Å². The molecule has 0 aliphatic heterocycles. The monoisotopic (exact) mass is 482 g/mol. The normalized spacial score (nSPS) is 14.8. The van der Waals surface area contributed by atoms with Crippen LogP contribution in [-0.4, -0.2) is 55.0 Å². The van der Waals surface area contributed by atoms with Crippen molar-refractivity contribution in [3.63, 3.8) is 0 Å². The Bertz CT molecular complexity index is 1010. The molecule has 0 saturated heterocycles. The predicted molar refractivity (Wildman–Crippen MR) is 132 cm³/mol. The van der Waals surface area contributed by atoms with Gasteiger partial charge in [-0.3, -0.25) is 4.79 Å². The van der Waals surface area contributed by atoms with Gasteiger partial charge in [-0.15, -0.1) is 0 Å². The van der Waals surface area contributed by atoms with E-state index < -0.39 is 29.6 Å². The maximum atomic E-state index is 12.7. The summed E-state index contributed by atoms with van der Waals surface area (Å²) < 4.78 is 10.6. The summed E-state index contributed by atoms with van der Waals surface area (Å²) in [5.41, 5.74) is 3.02. The summed E-state index contributed by atoms with van der Waals surface area (Å²) in [6.45, 7) is 3.65. The molecule has 0 spiro atoms. The lowest BCUT2D eigenvalue weighted by atomic mass is 9.96. The van der Waals surface area contributed by atoms with Crippen LogP contribution in [0.3, 0.4) is 0 Å². The smallest absolute Gasteiger partial charge is 0.407 e. The zero-order valence-electron chi connectivity index (χ0n) is 20.5. The lowest BCUT2D eigenvalue weighted by Gasteiger charge is -2.29. The van der Waals surface area contributed by atoms with Crippen LogP contribution in [0, 0.1) is 0 Å². The molecule has 8 heteroatoms. The minimum absolute atomic E-state index is 0.0588. The highest BCUT2D eigenvalue weighted by atomic mass is 16.5. The second-order valence-electron chi connectivity index (χ2n) is 8.88. The zero-order valence-corrected chi connectivity index (χ0v) is 20.5. The van der Waals surface area contributed by atoms with Gasteiger partial charge in [-0.1, -0.05) is 68.8 Å². The zero-order chi connectivity index (χ0) is 25.4. The third-order valence-electron chi connectivity index (χ3n) is 6.52. The summed E-state index contributed by atoms with van der Waals surface area (Å²) >= 11 is 0. The largest absolute Gasteiger partial charge is 0.479 e. The van der Waals surface area contributed by atoms with E-state index in [0.717, 1.165) is 28.7 Å². The van der Waals surface area contributed by atoms with Gasteiger partial charge in [-0.2, -0.15) is 0 Å². The lowest BCUT2D eigenvalue weighted by molar-refractivity contribution is -0.150. The standard InChI is InChI=1S/C27H34N2O6/c1-4-10-18(15-24(30)29-27(5-2,17-34-3)25(31)32)28-26(33)35-16-23-21-13-8-6-11-19(21)20-12-7-9-14-22(20)23/h6-9,11-14,18,23H,4-5,10,15-17H2,1-3H3,(H,28,33)(H,29,30)(H,31,32). The molecular weight excluding hydrogens is 448 g/mol. The van der Waals surface area contributed by atoms with Crippen LogP contribution >= 0.6 is 0 Å². The molecule has 35 heavy (non-hydrogen) atoms. The molecule has 2 aromatic carbocycles. The first kappa shape index (κ1) is 26.2. The topological polar surface area (TPSA) is 114 Å². The van der Waals surface area contributed by atoms with Gasteiger partial charge in [0.25, 0.3) is 0 Å². The van der Waals surface area contributed by atoms with E-state index in [1.165, 1.54) is 7.11 Å². The number of amides is 2. The molecular formula is C27H34N2O6. The molecule has 8 nitrogen and oxygen atoms in total. The van der Waals surface area contributed by atoms with Gasteiger partial charge in [0.05, 0.1) is 6.61 Å². The van der Waals surface area contributed by atoms with Crippen molar-refractivity contribution >= 4 is 18.0 Å². The third kappa shape index (κ3) is 6.00. The summed E-state index contributed by atoms with van der Waals surface area (Å²) in [5, 5.41) is 15.0. The minimum atomic E-state index is -1.51. The third-order valence-corrected chi connectivity index (χ3v) is 6.52. The Morgan fingerprint density at radius 3 is 2.14 bits per heavy atom. The van der Waals surface area contributed by atoms with Crippen LogP contribution < -0.4 is 10.6 Å². The summed E-state index contributed by atoms with van der Waals surface area (Å²) in [6, 6.07) is 15.7. The minimum Gasteiger partial charge on any atom is -0.479 e. The van der Waals surface area contributed by atoms with Crippen LogP contribution in [0.2, 0.25) is 0 Å². The molecule has 0 bridgehead atoms. The van der Waals surface area contributed by atoms with Crippen LogP contribution in [0.1, 0.15) is 56.6 Å². The number of carbonyl (C=O) groups is 3. The molecule has 2 aromatic rings. The van der Waals surface area contributed by atoms with Gasteiger partial charge >= 0.3 is 12.1 Å². The lowest BCUT2D eigenvalue weighted by Crippen LogP contribution is -2.58. The van der Waals surface area contributed by atoms with Crippen LogP contribution in [0.25, 0.3) is 11.1 Å². The molecule has 0 saturated carbocycles. The Morgan fingerprint density at radius 2 is 1.63 bits per heavy atom. The van der Waals surface area contributed by atoms with Gasteiger partial charge in [0, 0.05) is 25.5 Å². The van der Waals surface area contributed by atoms with E-state index in [9.17, 15) is 19.5 Å². The number of hydrogen-bond donors (Lipinski definition) is 3. The first-order valence-electron chi connectivity index (χ1n) is 12.0. The van der Waals surface area contributed by atoms with Crippen molar-refractivity contribution in [3.8, 4) is 11.1 Å². The number of hydrogen-bond acceptors (Lipinski definition) is 5. The fourth-order valence-electron chi connectivity index (χ4n) is 4.66. The van der Waals surface area contributed by atoms with Crippen molar-refractivity contribution in [3.05, 3.63) is 59.7 Å². The van der Waals surface area contributed by atoms with Gasteiger partial charge in [-0.05, 0) is 35.1 Å². The number of carbonyl (C=O) groups excluding carboxylic acids is 2. The van der Waals surface area contributed by atoms with E-state index >= 15 is 0 Å². The molecule has 1 aliphatic rings. The second-order valence-corrected chi connectivity index (χ2v) is 8.88. The molecule has 3 rings (SSSR count). The fourth-order valence-corrected chi connectivity index (χ4v) is 4.66. The maximum absolute atomic E-state index is 12.7. The number of rotatable bonds is 12. The van der Waals surface area contributed by atoms with Gasteiger partial charge in [0.15, 0.2) is 5.54 Å². The average Bonchev–Trinajstić information content (AvgIpc) is 3.16. The number of methoxy groups -OCH3 is 1. The molecule has 0 radical (unpaired) electrons. The van der Waals surface area contributed by atoms with E-state index in [1.54, 1.807) is 6.92 Å². The van der Waals surface area contributed by atoms with Crippen LogP contribution in [0.15, 0.2) is 48.5 Å². The number of carboxylic acids is 1. The van der Waals surface area contributed by atoms with E-state index in [1.807, 2.05) is 43.3 Å². The Kier molecular flexibility index (Phi) is 8.87. The van der Waals surface area contributed by atoms with Crippen LogP contribution in [0.5, 0.6) is 0 Å². The summed E-state index contributed by atoms with van der Waals surface area (Å²) in [5.74, 6) is -1.69. The van der Waals surface area contributed by atoms with Crippen LogP contribution in [-0.2, 0) is 19.1 Å². The number of ether oxygens (including phenoxy) is 2. The molecule has 0 fully saturated rings. The first-order chi connectivity index (χ1) is 16.8. The molecule has 188 valence electrons. The number of nitrogens with one attached hydrogen (secondary N) is 2. The van der Waals surface area contributed by atoms with E-state index in [0.29, 0.717) is 6.42 Å². The van der Waals surface area contributed by atoms with E-state index in [-0.39, 0.29) is 32.0 Å². The number of alkyl carbamates (subject to hydrolysis) is 1. The summed E-state index contributed by atoms with van der Waals surface area (Å²) in [7, 11) is 1.39.